The molecular weight excluding hydrogens is 288 g/mol. The van der Waals surface area contributed by atoms with E-state index in [9.17, 15) is 0 Å². The molecule has 0 aliphatic rings. The van der Waals surface area contributed by atoms with Crippen LogP contribution >= 0.6 is 0 Å². The van der Waals surface area contributed by atoms with Crippen LogP contribution in [0, 0.1) is 6.92 Å². The van der Waals surface area contributed by atoms with E-state index in [4.69, 9.17) is 0 Å². The van der Waals surface area contributed by atoms with Crippen LogP contribution < -0.4 is 10.6 Å². The molecule has 0 amide bonds. The molecule has 3 heterocycles. The summed E-state index contributed by atoms with van der Waals surface area (Å²) < 4.78 is 0. The summed E-state index contributed by atoms with van der Waals surface area (Å²) in [6.45, 7) is 3.29. The SMILES string of the molecule is Cc1cc(NCc2ccncc2)nc(NCc2cccnc2)n1. The van der Waals surface area contributed by atoms with Crippen LogP contribution in [0.5, 0.6) is 0 Å². The molecule has 2 N–H and O–H groups in total. The zero-order valence-corrected chi connectivity index (χ0v) is 12.9. The van der Waals surface area contributed by atoms with Crippen LogP contribution in [0.15, 0.2) is 55.1 Å². The van der Waals surface area contributed by atoms with E-state index in [2.05, 4.69) is 30.6 Å². The first-order valence-electron chi connectivity index (χ1n) is 7.41. The Kier molecular flexibility index (Phi) is 4.73. The Hall–Kier alpha value is -3.02. The standard InChI is InChI=1S/C17H18N6/c1-13-9-16(20-11-14-4-7-18-8-5-14)23-17(22-13)21-12-15-3-2-6-19-10-15/h2-10H,11-12H2,1H3,(H2,20,21,22,23). The lowest BCUT2D eigenvalue weighted by Crippen LogP contribution is -2.08. The van der Waals surface area contributed by atoms with Crippen molar-refractivity contribution in [3.05, 3.63) is 71.9 Å². The normalized spacial score (nSPS) is 10.3. The van der Waals surface area contributed by atoms with Crippen molar-refractivity contribution >= 4 is 11.8 Å². The third-order valence-electron chi connectivity index (χ3n) is 3.25. The van der Waals surface area contributed by atoms with Gasteiger partial charge in [-0.3, -0.25) is 9.97 Å². The van der Waals surface area contributed by atoms with Gasteiger partial charge >= 0.3 is 0 Å². The highest BCUT2D eigenvalue weighted by Gasteiger charge is 2.03. The number of pyridine rings is 2. The fourth-order valence-electron chi connectivity index (χ4n) is 2.12. The maximum atomic E-state index is 4.49. The lowest BCUT2D eigenvalue weighted by molar-refractivity contribution is 1.01. The number of aromatic nitrogens is 4. The number of nitrogens with zero attached hydrogens (tertiary/aromatic N) is 4. The van der Waals surface area contributed by atoms with Gasteiger partial charge in [-0.1, -0.05) is 6.07 Å². The van der Waals surface area contributed by atoms with Crippen LogP contribution in [0.25, 0.3) is 0 Å². The summed E-state index contributed by atoms with van der Waals surface area (Å²) in [5.41, 5.74) is 3.15. The van der Waals surface area contributed by atoms with E-state index in [0.717, 1.165) is 22.6 Å². The van der Waals surface area contributed by atoms with Crippen molar-refractivity contribution in [3.8, 4) is 0 Å². The zero-order chi connectivity index (χ0) is 15.9. The van der Waals surface area contributed by atoms with Crippen molar-refractivity contribution < 1.29 is 0 Å². The molecule has 0 spiro atoms. The van der Waals surface area contributed by atoms with Gasteiger partial charge in [0, 0.05) is 49.6 Å². The van der Waals surface area contributed by atoms with Gasteiger partial charge in [-0.05, 0) is 36.2 Å². The second-order valence-electron chi connectivity index (χ2n) is 5.14. The van der Waals surface area contributed by atoms with Crippen molar-refractivity contribution in [2.75, 3.05) is 10.6 Å². The van der Waals surface area contributed by atoms with Gasteiger partial charge in [0.2, 0.25) is 5.95 Å². The van der Waals surface area contributed by atoms with Gasteiger partial charge in [0.25, 0.3) is 0 Å². The fraction of sp³-hybridized carbons (Fsp3) is 0.176. The summed E-state index contributed by atoms with van der Waals surface area (Å²) in [6, 6.07) is 9.80. The van der Waals surface area contributed by atoms with E-state index >= 15 is 0 Å². The molecule has 0 fully saturated rings. The van der Waals surface area contributed by atoms with Crippen LogP contribution in [-0.4, -0.2) is 19.9 Å². The van der Waals surface area contributed by atoms with Crippen LogP contribution in [0.1, 0.15) is 16.8 Å². The van der Waals surface area contributed by atoms with Crippen LogP contribution in [-0.2, 0) is 13.1 Å². The van der Waals surface area contributed by atoms with Gasteiger partial charge in [0.15, 0.2) is 0 Å². The predicted octanol–water partition coefficient (Wildman–Crippen LogP) is 2.80. The van der Waals surface area contributed by atoms with E-state index < -0.39 is 0 Å². The summed E-state index contributed by atoms with van der Waals surface area (Å²) in [5.74, 6) is 1.40. The molecule has 0 aliphatic heterocycles. The smallest absolute Gasteiger partial charge is 0.225 e. The Morgan fingerprint density at radius 2 is 1.70 bits per heavy atom. The van der Waals surface area contributed by atoms with Gasteiger partial charge < -0.3 is 10.6 Å². The summed E-state index contributed by atoms with van der Waals surface area (Å²) in [7, 11) is 0. The second-order valence-corrected chi connectivity index (χ2v) is 5.14. The molecule has 6 heteroatoms. The topological polar surface area (TPSA) is 75.6 Å². The number of anilines is 2. The third-order valence-corrected chi connectivity index (χ3v) is 3.25. The molecule has 0 saturated carbocycles. The molecule has 3 rings (SSSR count). The minimum absolute atomic E-state index is 0.603. The molecule has 3 aromatic heterocycles. The quantitative estimate of drug-likeness (QED) is 0.729. The lowest BCUT2D eigenvalue weighted by Gasteiger charge is -2.10. The highest BCUT2D eigenvalue weighted by Crippen LogP contribution is 2.12. The minimum atomic E-state index is 0.603. The summed E-state index contributed by atoms with van der Waals surface area (Å²) in [4.78, 5) is 17.0. The maximum absolute atomic E-state index is 4.49. The molecule has 6 nitrogen and oxygen atoms in total. The largest absolute Gasteiger partial charge is 0.366 e. The first kappa shape index (κ1) is 14.9. The van der Waals surface area contributed by atoms with Crippen LogP contribution in [0.4, 0.5) is 11.8 Å². The van der Waals surface area contributed by atoms with Crippen LogP contribution in [0.2, 0.25) is 0 Å². The summed E-state index contributed by atoms with van der Waals surface area (Å²) in [5, 5.41) is 6.54. The molecule has 0 bridgehead atoms. The molecule has 0 aromatic carbocycles. The Balaban J connectivity index is 1.64. The van der Waals surface area contributed by atoms with Crippen molar-refractivity contribution in [3.63, 3.8) is 0 Å². The second kappa shape index (κ2) is 7.31. The average molecular weight is 306 g/mol. The Bertz CT molecular complexity index is 684. The Labute approximate surface area is 135 Å². The van der Waals surface area contributed by atoms with E-state index in [1.165, 1.54) is 0 Å². The summed E-state index contributed by atoms with van der Waals surface area (Å²) in [6.07, 6.45) is 7.14. The molecule has 0 atom stereocenters. The Morgan fingerprint density at radius 3 is 2.48 bits per heavy atom. The molecule has 116 valence electrons. The first-order valence-corrected chi connectivity index (χ1v) is 7.41. The molecule has 0 saturated heterocycles. The van der Waals surface area contributed by atoms with Gasteiger partial charge in [-0.25, -0.2) is 4.98 Å². The molecule has 0 aliphatic carbocycles. The highest BCUT2D eigenvalue weighted by atomic mass is 15.1. The zero-order valence-electron chi connectivity index (χ0n) is 12.9. The Morgan fingerprint density at radius 1 is 0.870 bits per heavy atom. The average Bonchev–Trinajstić information content (AvgIpc) is 2.60. The number of hydrogen-bond acceptors (Lipinski definition) is 6. The van der Waals surface area contributed by atoms with Crippen molar-refractivity contribution in [2.24, 2.45) is 0 Å². The van der Waals surface area contributed by atoms with Gasteiger partial charge in [0.05, 0.1) is 0 Å². The van der Waals surface area contributed by atoms with Crippen molar-refractivity contribution in [2.45, 2.75) is 20.0 Å². The van der Waals surface area contributed by atoms with Gasteiger partial charge in [-0.2, -0.15) is 4.98 Å². The number of aryl methyl sites for hydroxylation is 1. The molecule has 3 aromatic rings. The number of hydrogen-bond donors (Lipinski definition) is 2. The third kappa shape index (κ3) is 4.47. The van der Waals surface area contributed by atoms with Gasteiger partial charge in [-0.15, -0.1) is 0 Å². The maximum Gasteiger partial charge on any atom is 0.225 e. The van der Waals surface area contributed by atoms with Crippen LogP contribution in [0.3, 0.4) is 0 Å². The van der Waals surface area contributed by atoms with E-state index in [-0.39, 0.29) is 0 Å². The number of nitrogens with one attached hydrogen (secondary N) is 2. The monoisotopic (exact) mass is 306 g/mol. The van der Waals surface area contributed by atoms with Crippen molar-refractivity contribution in [1.82, 2.24) is 19.9 Å². The minimum Gasteiger partial charge on any atom is -0.366 e. The van der Waals surface area contributed by atoms with Gasteiger partial charge in [0.1, 0.15) is 5.82 Å². The van der Waals surface area contributed by atoms with E-state index in [1.54, 1.807) is 18.6 Å². The lowest BCUT2D eigenvalue weighted by atomic mass is 10.3. The molecular formula is C17H18N6. The molecule has 0 radical (unpaired) electrons. The first-order chi connectivity index (χ1) is 11.3. The van der Waals surface area contributed by atoms with E-state index in [1.807, 2.05) is 43.5 Å². The molecule has 0 unspecified atom stereocenters. The predicted molar refractivity (Wildman–Crippen MR) is 89.9 cm³/mol. The van der Waals surface area contributed by atoms with Crippen molar-refractivity contribution in [1.29, 1.82) is 0 Å². The summed E-state index contributed by atoms with van der Waals surface area (Å²) >= 11 is 0. The number of rotatable bonds is 6. The molecule has 23 heavy (non-hydrogen) atoms. The highest BCUT2D eigenvalue weighted by molar-refractivity contribution is 5.43. The fourth-order valence-corrected chi connectivity index (χ4v) is 2.12. The van der Waals surface area contributed by atoms with E-state index in [0.29, 0.717) is 19.0 Å².